The molecule has 0 fully saturated rings. The van der Waals surface area contributed by atoms with Crippen LogP contribution in [0.5, 0.6) is 0 Å². The summed E-state index contributed by atoms with van der Waals surface area (Å²) >= 11 is 1.74. The highest BCUT2D eigenvalue weighted by molar-refractivity contribution is 7.99. The first-order chi connectivity index (χ1) is 7.80. The molecule has 0 saturated carbocycles. The predicted molar refractivity (Wildman–Crippen MR) is 63.0 cm³/mol. The zero-order chi connectivity index (χ0) is 13.1. The first-order valence-corrected chi connectivity index (χ1v) is 6.37. The zero-order valence-electron chi connectivity index (χ0n) is 9.74. The molecule has 98 valence electrons. The van der Waals surface area contributed by atoms with Crippen LogP contribution in [0.4, 0.5) is 13.2 Å². The van der Waals surface area contributed by atoms with Gasteiger partial charge in [0.1, 0.15) is 0 Å². The van der Waals surface area contributed by atoms with E-state index in [1.807, 2.05) is 0 Å². The standard InChI is InChI=1S/C11H16F3NOS/c1-8(2)17-6-5-15-4-3-9(7-15)10(16)11(12,13)14/h3-4,7-8,10,16H,5-6H2,1-2H3. The third-order valence-electron chi connectivity index (χ3n) is 2.20. The van der Waals surface area contributed by atoms with Crippen LogP contribution in [0, 0.1) is 0 Å². The third kappa shape index (κ3) is 4.63. The number of alkyl halides is 3. The highest BCUT2D eigenvalue weighted by Gasteiger charge is 2.39. The van der Waals surface area contributed by atoms with E-state index in [4.69, 9.17) is 5.11 Å². The van der Waals surface area contributed by atoms with E-state index in [2.05, 4.69) is 13.8 Å². The van der Waals surface area contributed by atoms with Crippen LogP contribution in [-0.2, 0) is 6.54 Å². The first-order valence-electron chi connectivity index (χ1n) is 5.32. The Hall–Kier alpha value is -0.620. The normalized spacial score (nSPS) is 14.3. The number of aliphatic hydroxyl groups excluding tert-OH is 1. The Morgan fingerprint density at radius 2 is 2.06 bits per heavy atom. The van der Waals surface area contributed by atoms with Crippen molar-refractivity contribution in [3.05, 3.63) is 24.0 Å². The second-order valence-corrected chi connectivity index (χ2v) is 5.73. The van der Waals surface area contributed by atoms with Gasteiger partial charge < -0.3 is 9.67 Å². The Labute approximate surface area is 103 Å². The van der Waals surface area contributed by atoms with Gasteiger partial charge >= 0.3 is 6.18 Å². The molecule has 0 aliphatic carbocycles. The van der Waals surface area contributed by atoms with Gasteiger partial charge in [-0.2, -0.15) is 24.9 Å². The molecule has 2 nitrogen and oxygen atoms in total. The van der Waals surface area contributed by atoms with Crippen LogP contribution in [0.3, 0.4) is 0 Å². The summed E-state index contributed by atoms with van der Waals surface area (Å²) in [4.78, 5) is 0. The molecule has 1 aromatic heterocycles. The summed E-state index contributed by atoms with van der Waals surface area (Å²) < 4.78 is 38.4. The number of thioether (sulfide) groups is 1. The number of aryl methyl sites for hydroxylation is 1. The molecule has 0 saturated heterocycles. The van der Waals surface area contributed by atoms with Gasteiger partial charge in [0.2, 0.25) is 0 Å². The van der Waals surface area contributed by atoms with Gasteiger partial charge in [0, 0.05) is 30.3 Å². The lowest BCUT2D eigenvalue weighted by Gasteiger charge is -2.12. The number of hydrogen-bond donors (Lipinski definition) is 1. The summed E-state index contributed by atoms with van der Waals surface area (Å²) in [6, 6.07) is 1.30. The van der Waals surface area contributed by atoms with Crippen molar-refractivity contribution in [3.63, 3.8) is 0 Å². The second kappa shape index (κ2) is 5.82. The van der Waals surface area contributed by atoms with Crippen molar-refractivity contribution >= 4 is 11.8 Å². The Morgan fingerprint density at radius 3 is 2.59 bits per heavy atom. The Balaban J connectivity index is 2.54. The quantitative estimate of drug-likeness (QED) is 0.886. The highest BCUT2D eigenvalue weighted by atomic mass is 32.2. The monoisotopic (exact) mass is 267 g/mol. The number of aliphatic hydroxyl groups is 1. The topological polar surface area (TPSA) is 25.2 Å². The van der Waals surface area contributed by atoms with E-state index in [1.165, 1.54) is 12.3 Å². The molecule has 1 rings (SSSR count). The molecule has 1 N–H and O–H groups in total. The highest BCUT2D eigenvalue weighted by Crippen LogP contribution is 2.32. The van der Waals surface area contributed by atoms with Gasteiger partial charge in [0.25, 0.3) is 0 Å². The molecular formula is C11H16F3NOS. The molecule has 0 aliphatic heterocycles. The smallest absolute Gasteiger partial charge is 0.379 e. The van der Waals surface area contributed by atoms with Crippen LogP contribution >= 0.6 is 11.8 Å². The van der Waals surface area contributed by atoms with Crippen molar-refractivity contribution in [1.82, 2.24) is 4.57 Å². The average Bonchev–Trinajstić information content (AvgIpc) is 2.63. The number of aromatic nitrogens is 1. The molecule has 1 aromatic rings. The molecule has 1 unspecified atom stereocenters. The number of hydrogen-bond acceptors (Lipinski definition) is 2. The van der Waals surface area contributed by atoms with E-state index in [-0.39, 0.29) is 5.56 Å². The molecule has 0 radical (unpaired) electrons. The van der Waals surface area contributed by atoms with E-state index in [9.17, 15) is 13.2 Å². The largest absolute Gasteiger partial charge is 0.418 e. The summed E-state index contributed by atoms with van der Waals surface area (Å²) in [6.07, 6.45) is -4.08. The van der Waals surface area contributed by atoms with Crippen molar-refractivity contribution in [2.24, 2.45) is 0 Å². The van der Waals surface area contributed by atoms with Gasteiger partial charge in [-0.1, -0.05) is 13.8 Å². The number of nitrogens with zero attached hydrogens (tertiary/aromatic N) is 1. The van der Waals surface area contributed by atoms with Crippen LogP contribution in [-0.4, -0.2) is 26.9 Å². The minimum Gasteiger partial charge on any atom is -0.379 e. The Morgan fingerprint density at radius 1 is 1.41 bits per heavy atom. The summed E-state index contributed by atoms with van der Waals surface area (Å²) in [5.41, 5.74) is -0.105. The lowest BCUT2D eigenvalue weighted by Crippen LogP contribution is -2.19. The van der Waals surface area contributed by atoms with Crippen molar-refractivity contribution in [3.8, 4) is 0 Å². The molecule has 17 heavy (non-hydrogen) atoms. The molecule has 6 heteroatoms. The van der Waals surface area contributed by atoms with Gasteiger partial charge in [-0.15, -0.1) is 0 Å². The SMILES string of the molecule is CC(C)SCCn1ccc(C(O)C(F)(F)F)c1. The summed E-state index contributed by atoms with van der Waals surface area (Å²) in [5, 5.41) is 9.55. The van der Waals surface area contributed by atoms with Crippen LogP contribution in [0.25, 0.3) is 0 Å². The lowest BCUT2D eigenvalue weighted by atomic mass is 10.2. The van der Waals surface area contributed by atoms with Gasteiger partial charge in [0.05, 0.1) is 0 Å². The van der Waals surface area contributed by atoms with E-state index in [1.54, 1.807) is 22.5 Å². The Kier molecular flexibility index (Phi) is 4.94. The molecule has 0 amide bonds. The van der Waals surface area contributed by atoms with Crippen molar-refractivity contribution in [2.45, 2.75) is 37.9 Å². The lowest BCUT2D eigenvalue weighted by molar-refractivity contribution is -0.206. The van der Waals surface area contributed by atoms with E-state index in [0.717, 1.165) is 5.75 Å². The first kappa shape index (κ1) is 14.4. The molecular weight excluding hydrogens is 251 g/mol. The summed E-state index contributed by atoms with van der Waals surface area (Å²) in [7, 11) is 0. The maximum atomic E-state index is 12.2. The van der Waals surface area contributed by atoms with Gasteiger partial charge in [0.15, 0.2) is 6.10 Å². The van der Waals surface area contributed by atoms with Crippen molar-refractivity contribution in [2.75, 3.05) is 5.75 Å². The predicted octanol–water partition coefficient (Wildman–Crippen LogP) is 3.23. The number of halogens is 3. The zero-order valence-corrected chi connectivity index (χ0v) is 10.6. The van der Waals surface area contributed by atoms with Crippen LogP contribution < -0.4 is 0 Å². The third-order valence-corrected chi connectivity index (χ3v) is 3.28. The van der Waals surface area contributed by atoms with Crippen LogP contribution in [0.2, 0.25) is 0 Å². The maximum Gasteiger partial charge on any atom is 0.418 e. The van der Waals surface area contributed by atoms with Gasteiger partial charge in [-0.05, 0) is 11.3 Å². The Bertz CT molecular complexity index is 349. The maximum absolute atomic E-state index is 12.2. The van der Waals surface area contributed by atoms with E-state index < -0.39 is 12.3 Å². The van der Waals surface area contributed by atoms with Gasteiger partial charge in [-0.25, -0.2) is 0 Å². The van der Waals surface area contributed by atoms with Gasteiger partial charge in [-0.3, -0.25) is 0 Å². The number of rotatable bonds is 5. The van der Waals surface area contributed by atoms with Crippen molar-refractivity contribution in [1.29, 1.82) is 0 Å². The summed E-state index contributed by atoms with van der Waals surface area (Å²) in [6.45, 7) is 4.78. The van der Waals surface area contributed by atoms with E-state index in [0.29, 0.717) is 11.8 Å². The summed E-state index contributed by atoms with van der Waals surface area (Å²) in [5.74, 6) is 0.841. The fraction of sp³-hybridized carbons (Fsp3) is 0.636. The molecule has 1 atom stereocenters. The molecule has 1 heterocycles. The van der Waals surface area contributed by atoms with E-state index >= 15 is 0 Å². The molecule has 0 spiro atoms. The fourth-order valence-electron chi connectivity index (χ4n) is 1.34. The minimum absolute atomic E-state index is 0.105. The van der Waals surface area contributed by atoms with Crippen LogP contribution in [0.15, 0.2) is 18.5 Å². The van der Waals surface area contributed by atoms with Crippen LogP contribution in [0.1, 0.15) is 25.5 Å². The minimum atomic E-state index is -4.60. The fourth-order valence-corrected chi connectivity index (χ4v) is 2.13. The average molecular weight is 267 g/mol. The second-order valence-electron chi connectivity index (χ2n) is 4.05. The van der Waals surface area contributed by atoms with Crippen molar-refractivity contribution < 1.29 is 18.3 Å². The molecule has 0 aliphatic rings. The molecule has 0 aromatic carbocycles. The molecule has 0 bridgehead atoms.